The first-order valence-corrected chi connectivity index (χ1v) is 8.31. The summed E-state index contributed by atoms with van der Waals surface area (Å²) >= 11 is 0. The predicted molar refractivity (Wildman–Crippen MR) is 87.5 cm³/mol. The van der Waals surface area contributed by atoms with Crippen molar-refractivity contribution in [2.24, 2.45) is 5.92 Å². The Morgan fingerprint density at radius 2 is 1.92 bits per heavy atom. The fourth-order valence-electron chi connectivity index (χ4n) is 4.04. The summed E-state index contributed by atoms with van der Waals surface area (Å²) in [6.45, 7) is 2.35. The number of carboxylic acids is 1. The lowest BCUT2D eigenvalue weighted by Gasteiger charge is -2.45. The highest BCUT2D eigenvalue weighted by Gasteiger charge is 2.55. The maximum atomic E-state index is 13.4. The van der Waals surface area contributed by atoms with Gasteiger partial charge in [-0.3, -0.25) is 14.4 Å². The largest absolute Gasteiger partial charge is 0.481 e. The second-order valence-electron chi connectivity index (χ2n) is 6.91. The summed E-state index contributed by atoms with van der Waals surface area (Å²) in [7, 11) is 1.64. The monoisotopic (exact) mass is 348 g/mol. The molecular weight excluding hydrogens is 327 g/mol. The first-order valence-electron chi connectivity index (χ1n) is 8.31. The Morgan fingerprint density at radius 3 is 2.48 bits per heavy atom. The predicted octanol–water partition coefficient (Wildman–Crippen LogP) is 1.67. The van der Waals surface area contributed by atoms with Crippen molar-refractivity contribution in [2.45, 2.75) is 31.7 Å². The molecule has 6 nitrogen and oxygen atoms in total. The van der Waals surface area contributed by atoms with Crippen LogP contribution in [0.5, 0.6) is 0 Å². The highest BCUT2D eigenvalue weighted by molar-refractivity contribution is 5.94. The average molecular weight is 348 g/mol. The summed E-state index contributed by atoms with van der Waals surface area (Å²) < 4.78 is 13.4. The number of hydrogen-bond acceptors (Lipinski definition) is 3. The third-order valence-electron chi connectivity index (χ3n) is 5.69. The maximum Gasteiger partial charge on any atom is 0.309 e. The van der Waals surface area contributed by atoms with E-state index in [1.807, 2.05) is 0 Å². The molecule has 2 aliphatic heterocycles. The van der Waals surface area contributed by atoms with Gasteiger partial charge in [-0.2, -0.15) is 0 Å². The molecule has 0 aliphatic carbocycles. The number of aliphatic carboxylic acids is 1. The van der Waals surface area contributed by atoms with Gasteiger partial charge in [-0.25, -0.2) is 4.39 Å². The molecule has 7 heteroatoms. The Morgan fingerprint density at radius 1 is 1.28 bits per heavy atom. The number of carboxylic acid groups (broad SMARTS) is 1. The fourth-order valence-corrected chi connectivity index (χ4v) is 4.04. The molecular formula is C18H21FN2O4. The molecule has 134 valence electrons. The lowest BCUT2D eigenvalue weighted by Crippen LogP contribution is -2.56. The zero-order valence-corrected chi connectivity index (χ0v) is 14.3. The van der Waals surface area contributed by atoms with Gasteiger partial charge in [0.05, 0.1) is 11.5 Å². The average Bonchev–Trinajstić information content (AvgIpc) is 2.83. The summed E-state index contributed by atoms with van der Waals surface area (Å²) in [6, 6.07) is 4.26. The maximum absolute atomic E-state index is 13.4. The van der Waals surface area contributed by atoms with Gasteiger partial charge >= 0.3 is 5.97 Å². The number of rotatable bonds is 2. The second kappa shape index (κ2) is 6.13. The third kappa shape index (κ3) is 2.77. The van der Waals surface area contributed by atoms with E-state index in [0.717, 1.165) is 0 Å². The van der Waals surface area contributed by atoms with Crippen LogP contribution in [0.25, 0.3) is 0 Å². The van der Waals surface area contributed by atoms with E-state index in [0.29, 0.717) is 37.1 Å². The first kappa shape index (κ1) is 17.4. The van der Waals surface area contributed by atoms with Gasteiger partial charge in [0.25, 0.3) is 5.91 Å². The number of aryl methyl sites for hydroxylation is 1. The molecule has 0 radical (unpaired) electrons. The Hall–Kier alpha value is -2.44. The van der Waals surface area contributed by atoms with Crippen molar-refractivity contribution in [1.82, 2.24) is 9.80 Å². The number of amides is 2. The first-order chi connectivity index (χ1) is 11.8. The van der Waals surface area contributed by atoms with E-state index >= 15 is 0 Å². The van der Waals surface area contributed by atoms with E-state index in [-0.39, 0.29) is 24.1 Å². The highest BCUT2D eigenvalue weighted by Crippen LogP contribution is 2.43. The van der Waals surface area contributed by atoms with Crippen molar-refractivity contribution in [2.75, 3.05) is 20.1 Å². The summed E-state index contributed by atoms with van der Waals surface area (Å²) in [6.07, 6.45) is 0.868. The number of carbonyl (C=O) groups is 3. The van der Waals surface area contributed by atoms with Gasteiger partial charge in [0.1, 0.15) is 5.82 Å². The van der Waals surface area contributed by atoms with Crippen molar-refractivity contribution >= 4 is 17.8 Å². The summed E-state index contributed by atoms with van der Waals surface area (Å²) in [5.74, 6) is -2.43. The van der Waals surface area contributed by atoms with Gasteiger partial charge in [0.2, 0.25) is 5.91 Å². The number of halogens is 1. The molecule has 2 aliphatic rings. The van der Waals surface area contributed by atoms with Crippen LogP contribution in [-0.4, -0.2) is 58.4 Å². The van der Waals surface area contributed by atoms with E-state index in [1.54, 1.807) is 23.8 Å². The molecule has 1 atom stereocenters. The molecule has 1 N–H and O–H groups in total. The van der Waals surface area contributed by atoms with Crippen molar-refractivity contribution < 1.29 is 23.9 Å². The Labute approximate surface area is 145 Å². The summed E-state index contributed by atoms with van der Waals surface area (Å²) in [5, 5.41) is 9.48. The van der Waals surface area contributed by atoms with Crippen LogP contribution in [0.4, 0.5) is 4.39 Å². The lowest BCUT2D eigenvalue weighted by molar-refractivity contribution is -0.145. The number of likely N-dealkylation sites (tertiary alicyclic amines) is 2. The number of piperidine rings is 1. The molecule has 2 fully saturated rings. The van der Waals surface area contributed by atoms with Gasteiger partial charge in [-0.15, -0.1) is 0 Å². The van der Waals surface area contributed by atoms with E-state index in [2.05, 4.69) is 0 Å². The topological polar surface area (TPSA) is 77.9 Å². The number of carbonyl (C=O) groups excluding carboxylic acids is 2. The number of hydrogen-bond donors (Lipinski definition) is 1. The summed E-state index contributed by atoms with van der Waals surface area (Å²) in [4.78, 5) is 39.4. The van der Waals surface area contributed by atoms with E-state index in [1.165, 1.54) is 18.2 Å². The molecule has 0 aromatic heterocycles. The van der Waals surface area contributed by atoms with E-state index in [4.69, 9.17) is 0 Å². The molecule has 25 heavy (non-hydrogen) atoms. The van der Waals surface area contributed by atoms with Crippen LogP contribution in [0.15, 0.2) is 18.2 Å². The van der Waals surface area contributed by atoms with Crippen LogP contribution in [0, 0.1) is 18.7 Å². The fraction of sp³-hybridized carbons (Fsp3) is 0.500. The SMILES string of the molecule is Cc1cc(C(=O)N2CCC3(CC2)[C@H](C(=O)O)CC(=O)N3C)ccc1F. The standard InChI is InChI=1S/C18H21FN2O4/c1-11-9-12(3-4-14(11)19)16(23)21-7-5-18(6-8-21)13(17(24)25)10-15(22)20(18)2/h3-4,9,13H,5-8,10H2,1-2H3,(H,24,25)/t13-/m0/s1. The highest BCUT2D eigenvalue weighted by atomic mass is 19.1. The minimum Gasteiger partial charge on any atom is -0.481 e. The van der Waals surface area contributed by atoms with E-state index < -0.39 is 17.4 Å². The van der Waals surface area contributed by atoms with Crippen LogP contribution < -0.4 is 0 Å². The van der Waals surface area contributed by atoms with Crippen LogP contribution >= 0.6 is 0 Å². The lowest BCUT2D eigenvalue weighted by atomic mass is 9.77. The molecule has 0 bridgehead atoms. The van der Waals surface area contributed by atoms with E-state index in [9.17, 15) is 23.9 Å². The molecule has 1 spiro atoms. The zero-order valence-electron chi connectivity index (χ0n) is 14.3. The molecule has 1 aromatic rings. The minimum absolute atomic E-state index is 0.0108. The third-order valence-corrected chi connectivity index (χ3v) is 5.69. The van der Waals surface area contributed by atoms with Crippen LogP contribution in [0.2, 0.25) is 0 Å². The smallest absolute Gasteiger partial charge is 0.309 e. The Bertz CT molecular complexity index is 741. The van der Waals surface area contributed by atoms with Crippen molar-refractivity contribution in [3.8, 4) is 0 Å². The number of nitrogens with zero attached hydrogens (tertiary/aromatic N) is 2. The Balaban J connectivity index is 1.76. The summed E-state index contributed by atoms with van der Waals surface area (Å²) in [5.41, 5.74) is 0.102. The molecule has 1 aromatic carbocycles. The van der Waals surface area contributed by atoms with Gasteiger partial charge < -0.3 is 14.9 Å². The molecule has 0 unspecified atom stereocenters. The quantitative estimate of drug-likeness (QED) is 0.882. The zero-order chi connectivity index (χ0) is 18.4. The molecule has 3 rings (SSSR count). The number of benzene rings is 1. The van der Waals surface area contributed by atoms with Crippen LogP contribution in [0.3, 0.4) is 0 Å². The normalized spacial score (nSPS) is 22.5. The van der Waals surface area contributed by atoms with Gasteiger partial charge in [0, 0.05) is 32.1 Å². The Kier molecular flexibility index (Phi) is 4.26. The van der Waals surface area contributed by atoms with Gasteiger partial charge in [-0.05, 0) is 43.5 Å². The van der Waals surface area contributed by atoms with Crippen molar-refractivity contribution in [3.63, 3.8) is 0 Å². The van der Waals surface area contributed by atoms with Gasteiger partial charge in [-0.1, -0.05) is 0 Å². The van der Waals surface area contributed by atoms with Crippen LogP contribution in [-0.2, 0) is 9.59 Å². The molecule has 2 amide bonds. The molecule has 2 saturated heterocycles. The molecule has 0 saturated carbocycles. The van der Waals surface area contributed by atoms with Crippen molar-refractivity contribution in [1.29, 1.82) is 0 Å². The van der Waals surface area contributed by atoms with Gasteiger partial charge in [0.15, 0.2) is 0 Å². The minimum atomic E-state index is -0.966. The second-order valence-corrected chi connectivity index (χ2v) is 6.91. The van der Waals surface area contributed by atoms with Crippen molar-refractivity contribution in [3.05, 3.63) is 35.1 Å². The molecule has 2 heterocycles. The van der Waals surface area contributed by atoms with Crippen LogP contribution in [0.1, 0.15) is 35.2 Å².